The molecule has 1 amide bonds. The maximum Gasteiger partial charge on any atom is 0.253 e. The predicted octanol–water partition coefficient (Wildman–Crippen LogP) is -0.967. The molecule has 100 valence electrons. The molecule has 2 saturated heterocycles. The van der Waals surface area contributed by atoms with E-state index in [1.165, 1.54) is 0 Å². The molecule has 6 heteroatoms. The fourth-order valence-electron chi connectivity index (χ4n) is 2.33. The predicted molar refractivity (Wildman–Crippen MR) is 65.9 cm³/mol. The minimum Gasteiger partial charge on any atom is -0.366 e. The number of nitrogens with zero attached hydrogens (tertiary/aromatic N) is 3. The molecule has 0 aromatic rings. The summed E-state index contributed by atoms with van der Waals surface area (Å²) in [5.41, 5.74) is 0. The number of amides is 1. The molecule has 0 spiro atoms. The Labute approximate surface area is 107 Å². The van der Waals surface area contributed by atoms with Crippen molar-refractivity contribution in [2.45, 2.75) is 12.5 Å². The smallest absolute Gasteiger partial charge is 0.253 e. The summed E-state index contributed by atoms with van der Waals surface area (Å²) in [7, 11) is 0. The van der Waals surface area contributed by atoms with Crippen LogP contribution in [0.5, 0.6) is 0 Å². The Kier molecular flexibility index (Phi) is 4.93. The second-order valence-corrected chi connectivity index (χ2v) is 4.64. The van der Waals surface area contributed by atoms with Gasteiger partial charge in [0, 0.05) is 52.2 Å². The van der Waals surface area contributed by atoms with Gasteiger partial charge in [0.15, 0.2) is 0 Å². The Balaban J connectivity index is 1.75. The van der Waals surface area contributed by atoms with Crippen LogP contribution in [0.1, 0.15) is 6.42 Å². The summed E-state index contributed by atoms with van der Waals surface area (Å²) in [6.07, 6.45) is 0.244. The molecule has 6 nitrogen and oxygen atoms in total. The largest absolute Gasteiger partial charge is 0.366 e. The molecular formula is C12H20N4O2. The van der Waals surface area contributed by atoms with Crippen molar-refractivity contribution in [3.05, 3.63) is 0 Å². The monoisotopic (exact) mass is 252 g/mol. The highest BCUT2D eigenvalue weighted by molar-refractivity contribution is 5.81. The van der Waals surface area contributed by atoms with Gasteiger partial charge >= 0.3 is 0 Å². The van der Waals surface area contributed by atoms with Gasteiger partial charge in [0.2, 0.25) is 0 Å². The van der Waals surface area contributed by atoms with Gasteiger partial charge in [-0.15, -0.1) is 0 Å². The summed E-state index contributed by atoms with van der Waals surface area (Å²) in [5.74, 6) is 0.0992. The molecule has 0 radical (unpaired) electrons. The van der Waals surface area contributed by atoms with Crippen molar-refractivity contribution < 1.29 is 9.53 Å². The van der Waals surface area contributed by atoms with Gasteiger partial charge in [-0.2, -0.15) is 5.26 Å². The minimum atomic E-state index is -0.315. The first kappa shape index (κ1) is 13.3. The maximum absolute atomic E-state index is 12.2. The molecule has 0 aromatic carbocycles. The first-order valence-electron chi connectivity index (χ1n) is 6.51. The van der Waals surface area contributed by atoms with E-state index >= 15 is 0 Å². The maximum atomic E-state index is 12.2. The van der Waals surface area contributed by atoms with E-state index in [0.29, 0.717) is 19.6 Å². The lowest BCUT2D eigenvalue weighted by Gasteiger charge is -2.36. The normalized spacial score (nSPS) is 25.7. The van der Waals surface area contributed by atoms with Gasteiger partial charge in [0.1, 0.15) is 6.10 Å². The van der Waals surface area contributed by atoms with E-state index in [2.05, 4.69) is 16.3 Å². The van der Waals surface area contributed by atoms with E-state index in [1.807, 2.05) is 4.90 Å². The summed E-state index contributed by atoms with van der Waals surface area (Å²) in [4.78, 5) is 16.3. The second-order valence-electron chi connectivity index (χ2n) is 4.64. The van der Waals surface area contributed by atoms with Gasteiger partial charge in [-0.3, -0.25) is 9.69 Å². The van der Waals surface area contributed by atoms with Gasteiger partial charge in [0.05, 0.1) is 12.7 Å². The number of piperazine rings is 1. The molecule has 2 heterocycles. The summed E-state index contributed by atoms with van der Waals surface area (Å²) in [6, 6.07) is 2.15. The molecule has 0 saturated carbocycles. The lowest BCUT2D eigenvalue weighted by Crippen LogP contribution is -2.55. The van der Waals surface area contributed by atoms with Crippen LogP contribution in [0.2, 0.25) is 0 Å². The Hall–Kier alpha value is -1.16. The number of hydrogen-bond acceptors (Lipinski definition) is 5. The summed E-state index contributed by atoms with van der Waals surface area (Å²) < 4.78 is 5.47. The molecule has 0 bridgehead atoms. The zero-order chi connectivity index (χ0) is 12.8. The number of morpholine rings is 1. The van der Waals surface area contributed by atoms with Crippen LogP contribution in [0.3, 0.4) is 0 Å². The molecule has 2 aliphatic rings. The Bertz CT molecular complexity index is 315. The number of rotatable bonds is 3. The van der Waals surface area contributed by atoms with Crippen LogP contribution >= 0.6 is 0 Å². The highest BCUT2D eigenvalue weighted by Crippen LogP contribution is 2.07. The fraction of sp³-hybridized carbons (Fsp3) is 0.833. The molecule has 0 aromatic heterocycles. The Morgan fingerprint density at radius 1 is 1.39 bits per heavy atom. The molecule has 1 N–H and O–H groups in total. The van der Waals surface area contributed by atoms with Crippen molar-refractivity contribution in [1.82, 2.24) is 15.1 Å². The first-order chi connectivity index (χ1) is 8.81. The van der Waals surface area contributed by atoms with Crippen LogP contribution in [0.15, 0.2) is 0 Å². The number of hydrogen-bond donors (Lipinski definition) is 1. The van der Waals surface area contributed by atoms with Crippen LogP contribution in [-0.4, -0.2) is 74.2 Å². The number of nitriles is 1. The van der Waals surface area contributed by atoms with E-state index in [-0.39, 0.29) is 12.0 Å². The van der Waals surface area contributed by atoms with E-state index in [9.17, 15) is 4.79 Å². The number of carbonyl (C=O) groups excluding carboxylic acids is 1. The van der Waals surface area contributed by atoms with Crippen LogP contribution in [0, 0.1) is 11.3 Å². The third kappa shape index (κ3) is 3.42. The molecule has 1 unspecified atom stereocenters. The van der Waals surface area contributed by atoms with Crippen molar-refractivity contribution in [1.29, 1.82) is 5.26 Å². The third-order valence-corrected chi connectivity index (χ3v) is 3.43. The van der Waals surface area contributed by atoms with E-state index in [0.717, 1.165) is 39.3 Å². The highest BCUT2D eigenvalue weighted by Gasteiger charge is 2.28. The van der Waals surface area contributed by atoms with Gasteiger partial charge in [-0.25, -0.2) is 0 Å². The number of carbonyl (C=O) groups is 1. The Morgan fingerprint density at radius 3 is 2.78 bits per heavy atom. The molecule has 1 atom stereocenters. The molecular weight excluding hydrogens is 232 g/mol. The standard InChI is InChI=1S/C12H20N4O2/c13-2-1-4-15-5-7-16(8-6-15)12(17)11-10-14-3-9-18-11/h11,14H,1,3-10H2. The molecule has 18 heavy (non-hydrogen) atoms. The van der Waals surface area contributed by atoms with Gasteiger partial charge < -0.3 is 15.0 Å². The van der Waals surface area contributed by atoms with E-state index in [4.69, 9.17) is 10.00 Å². The van der Waals surface area contributed by atoms with Crippen LogP contribution < -0.4 is 5.32 Å². The summed E-state index contributed by atoms with van der Waals surface area (Å²) in [6.45, 7) is 6.05. The molecule has 2 aliphatic heterocycles. The molecule has 0 aliphatic carbocycles. The van der Waals surface area contributed by atoms with Crippen LogP contribution in [0.4, 0.5) is 0 Å². The van der Waals surface area contributed by atoms with Crippen molar-refractivity contribution in [2.75, 3.05) is 52.4 Å². The molecule has 2 rings (SSSR count). The quantitative estimate of drug-likeness (QED) is 0.700. The lowest BCUT2D eigenvalue weighted by atomic mass is 10.2. The lowest BCUT2D eigenvalue weighted by molar-refractivity contribution is -0.146. The Morgan fingerprint density at radius 2 is 2.17 bits per heavy atom. The van der Waals surface area contributed by atoms with Gasteiger partial charge in [0.25, 0.3) is 5.91 Å². The average Bonchev–Trinajstić information content (AvgIpc) is 2.46. The van der Waals surface area contributed by atoms with Crippen molar-refractivity contribution in [3.63, 3.8) is 0 Å². The van der Waals surface area contributed by atoms with Crippen molar-refractivity contribution in [3.8, 4) is 6.07 Å². The number of nitrogens with one attached hydrogen (secondary N) is 1. The zero-order valence-electron chi connectivity index (χ0n) is 10.6. The van der Waals surface area contributed by atoms with Crippen molar-refractivity contribution in [2.24, 2.45) is 0 Å². The first-order valence-corrected chi connectivity index (χ1v) is 6.51. The van der Waals surface area contributed by atoms with Gasteiger partial charge in [-0.05, 0) is 0 Å². The van der Waals surface area contributed by atoms with E-state index in [1.54, 1.807) is 0 Å². The molecule has 2 fully saturated rings. The average molecular weight is 252 g/mol. The van der Waals surface area contributed by atoms with Crippen molar-refractivity contribution >= 4 is 5.91 Å². The summed E-state index contributed by atoms with van der Waals surface area (Å²) >= 11 is 0. The fourth-order valence-corrected chi connectivity index (χ4v) is 2.33. The van der Waals surface area contributed by atoms with Gasteiger partial charge in [-0.1, -0.05) is 0 Å². The minimum absolute atomic E-state index is 0.0992. The van der Waals surface area contributed by atoms with Crippen LogP contribution in [0.25, 0.3) is 0 Å². The summed E-state index contributed by atoms with van der Waals surface area (Å²) in [5, 5.41) is 11.7. The SMILES string of the molecule is N#CCCN1CCN(C(=O)C2CNCCO2)CC1. The van der Waals surface area contributed by atoms with E-state index < -0.39 is 0 Å². The second kappa shape index (κ2) is 6.69. The van der Waals surface area contributed by atoms with Crippen LogP contribution in [-0.2, 0) is 9.53 Å². The topological polar surface area (TPSA) is 68.6 Å². The highest BCUT2D eigenvalue weighted by atomic mass is 16.5. The third-order valence-electron chi connectivity index (χ3n) is 3.43. The zero-order valence-corrected chi connectivity index (χ0v) is 10.6. The number of ether oxygens (including phenoxy) is 1.